The third-order valence-corrected chi connectivity index (χ3v) is 16.1. The molecule has 9 aromatic carbocycles. The Kier molecular flexibility index (Phi) is 9.23. The maximum Gasteiger partial charge on any atom is 0.159 e. The van der Waals surface area contributed by atoms with Crippen LogP contribution in [-0.4, -0.2) is 0 Å². The number of nitrogens with zero attached hydrogens (tertiary/aromatic N) is 2. The second-order valence-electron chi connectivity index (χ2n) is 21.7. The fraction of sp³-hybridized carbons (Fsp3) is 0.169. The molecule has 0 spiro atoms. The molecule has 0 bridgehead atoms. The van der Waals surface area contributed by atoms with Crippen LogP contribution in [0.1, 0.15) is 77.6 Å². The fourth-order valence-electron chi connectivity index (χ4n) is 11.5. The number of benzene rings is 9. The van der Waals surface area contributed by atoms with E-state index in [1.807, 2.05) is 11.3 Å². The Balaban J connectivity index is 1.05. The van der Waals surface area contributed by atoms with E-state index in [9.17, 15) is 0 Å². The first kappa shape index (κ1) is 42.5. The van der Waals surface area contributed by atoms with Crippen molar-refractivity contribution in [3.63, 3.8) is 0 Å². The molecule has 0 amide bonds. The zero-order chi connectivity index (χ0) is 47.8. The summed E-state index contributed by atoms with van der Waals surface area (Å²) in [6, 6.07) is 66.6. The van der Waals surface area contributed by atoms with Crippen molar-refractivity contribution in [1.82, 2.24) is 0 Å². The number of rotatable bonds is 6. The minimum atomic E-state index is -0.371. The lowest BCUT2D eigenvalue weighted by molar-refractivity contribution is 0.572. The van der Waals surface area contributed by atoms with Crippen LogP contribution in [0.4, 0.5) is 34.1 Å². The van der Waals surface area contributed by atoms with Crippen molar-refractivity contribution >= 4 is 110 Å². The summed E-state index contributed by atoms with van der Waals surface area (Å²) in [6.45, 7) is 18.4. The monoisotopic (exact) mass is 926 g/mol. The van der Waals surface area contributed by atoms with Crippen LogP contribution < -0.4 is 9.80 Å². The van der Waals surface area contributed by atoms with Gasteiger partial charge in [-0.2, -0.15) is 0 Å². The second kappa shape index (κ2) is 15.2. The molecule has 70 heavy (non-hydrogen) atoms. The van der Waals surface area contributed by atoms with Gasteiger partial charge in [0.1, 0.15) is 11.2 Å². The number of furan rings is 2. The first-order valence-corrected chi connectivity index (χ1v) is 25.3. The van der Waals surface area contributed by atoms with Crippen LogP contribution in [0.3, 0.4) is 0 Å². The summed E-state index contributed by atoms with van der Waals surface area (Å²) in [6.07, 6.45) is 0. The van der Waals surface area contributed by atoms with Crippen LogP contribution in [0.15, 0.2) is 191 Å². The van der Waals surface area contributed by atoms with Gasteiger partial charge in [-0.05, 0) is 88.2 Å². The highest BCUT2D eigenvalue weighted by molar-refractivity contribution is 7.26. The van der Waals surface area contributed by atoms with Gasteiger partial charge < -0.3 is 18.6 Å². The van der Waals surface area contributed by atoms with E-state index in [1.54, 1.807) is 0 Å². The number of anilines is 6. The summed E-state index contributed by atoms with van der Waals surface area (Å²) in [7, 11) is 0. The van der Waals surface area contributed by atoms with Crippen LogP contribution in [0.5, 0.6) is 0 Å². The predicted octanol–water partition coefficient (Wildman–Crippen LogP) is 19.7. The summed E-state index contributed by atoms with van der Waals surface area (Å²) in [5.74, 6) is 0. The van der Waals surface area contributed by atoms with E-state index in [4.69, 9.17) is 8.83 Å². The summed E-state index contributed by atoms with van der Waals surface area (Å²) < 4.78 is 16.8. The number of hydrogen-bond donors (Lipinski definition) is 0. The van der Waals surface area contributed by atoms with Crippen molar-refractivity contribution in [1.29, 1.82) is 0 Å². The zero-order valence-electron chi connectivity index (χ0n) is 40.9. The van der Waals surface area contributed by atoms with Crippen molar-refractivity contribution in [3.8, 4) is 11.1 Å². The van der Waals surface area contributed by atoms with Gasteiger partial charge in [-0.15, -0.1) is 11.3 Å². The molecule has 4 nitrogen and oxygen atoms in total. The Morgan fingerprint density at radius 2 is 0.900 bits per heavy atom. The van der Waals surface area contributed by atoms with Crippen LogP contribution >= 0.6 is 11.3 Å². The number of fused-ring (bicyclic) bond motifs is 13. The molecule has 0 unspecified atom stereocenters. The van der Waals surface area contributed by atoms with Crippen LogP contribution in [0.25, 0.3) is 75.2 Å². The molecule has 0 saturated carbocycles. The van der Waals surface area contributed by atoms with E-state index < -0.39 is 0 Å². The molecule has 1 aliphatic carbocycles. The third kappa shape index (κ3) is 6.27. The smallest absolute Gasteiger partial charge is 0.159 e. The summed E-state index contributed by atoms with van der Waals surface area (Å²) in [4.78, 5) is 4.85. The molecule has 0 radical (unpaired) electrons. The van der Waals surface area contributed by atoms with E-state index in [1.165, 1.54) is 53.6 Å². The molecule has 3 aromatic heterocycles. The van der Waals surface area contributed by atoms with Gasteiger partial charge in [0.15, 0.2) is 11.2 Å². The Labute approximate surface area is 413 Å². The van der Waals surface area contributed by atoms with E-state index in [0.717, 1.165) is 78.0 Å². The highest BCUT2D eigenvalue weighted by Gasteiger charge is 2.40. The van der Waals surface area contributed by atoms with Crippen LogP contribution in [0, 0.1) is 0 Å². The molecular weight excluding hydrogens is 873 g/mol. The minimum absolute atomic E-state index is 0.0814. The van der Waals surface area contributed by atoms with E-state index in [0.29, 0.717) is 0 Å². The molecule has 5 heteroatoms. The molecule has 0 fully saturated rings. The van der Waals surface area contributed by atoms with E-state index in [2.05, 4.69) is 247 Å². The number of thiophene rings is 1. The fourth-order valence-corrected chi connectivity index (χ4v) is 12.8. The van der Waals surface area contributed by atoms with Gasteiger partial charge in [0.2, 0.25) is 0 Å². The Hall–Kier alpha value is -7.60. The van der Waals surface area contributed by atoms with Gasteiger partial charge in [-0.25, -0.2) is 0 Å². The molecule has 12 aromatic rings. The van der Waals surface area contributed by atoms with E-state index >= 15 is 0 Å². The highest BCUT2D eigenvalue weighted by Crippen LogP contribution is 2.59. The van der Waals surface area contributed by atoms with Gasteiger partial charge in [0.05, 0.1) is 17.1 Å². The van der Waals surface area contributed by atoms with Crippen molar-refractivity contribution in [2.75, 3.05) is 9.80 Å². The summed E-state index contributed by atoms with van der Waals surface area (Å²) in [5.41, 5.74) is 17.1. The Bertz CT molecular complexity index is 4060. The summed E-state index contributed by atoms with van der Waals surface area (Å²) in [5, 5.41) is 7.01. The second-order valence-corrected chi connectivity index (χ2v) is 22.7. The molecule has 13 rings (SSSR count). The first-order chi connectivity index (χ1) is 33.8. The van der Waals surface area contributed by atoms with Crippen LogP contribution in [-0.2, 0) is 16.2 Å². The normalized spacial score (nSPS) is 13.5. The maximum atomic E-state index is 7.15. The average Bonchev–Trinajstić information content (AvgIpc) is 4.11. The van der Waals surface area contributed by atoms with Gasteiger partial charge in [-0.3, -0.25) is 0 Å². The number of para-hydroxylation sites is 6. The van der Waals surface area contributed by atoms with Crippen LogP contribution in [0.2, 0.25) is 0 Å². The maximum absolute atomic E-state index is 7.15. The molecule has 0 atom stereocenters. The first-order valence-electron chi connectivity index (χ1n) is 24.5. The number of hydrogen-bond acceptors (Lipinski definition) is 5. The predicted molar refractivity (Wildman–Crippen MR) is 298 cm³/mol. The standard InChI is InChI=1S/C65H54N2O2S/c1-63(2,3)48-30-17-26-42-44-28-19-32-52(60(44)68-58(42)48)66(39-21-11-9-12-22-39)41-35-36-46-50(37-41)65(7,8)51-38-54(57-47-25-15-16-34-55(47)70-62(57)56(46)51)67(40-23-13-10-14-24-40)53-33-20-29-45-43-27-18-31-49(64(4,5)6)59(43)69-61(45)53/h9-38H,1-8H3. The Morgan fingerprint density at radius 3 is 1.47 bits per heavy atom. The SMILES string of the molecule is CC(C)(C)c1cccc2c1oc1c(N(c3ccccc3)c3ccc4c(c3)C(C)(C)c3cc(N(c5ccccc5)c5cccc6c5oc5c(C(C)(C)C)cccc56)c5c(sc6ccccc65)c3-4)cccc12. The van der Waals surface area contributed by atoms with Gasteiger partial charge in [0.25, 0.3) is 0 Å². The van der Waals surface area contributed by atoms with Crippen molar-refractivity contribution in [3.05, 3.63) is 204 Å². The van der Waals surface area contributed by atoms with Gasteiger partial charge in [-0.1, -0.05) is 177 Å². The van der Waals surface area contributed by atoms with Crippen molar-refractivity contribution < 1.29 is 8.83 Å². The molecule has 0 aliphatic heterocycles. The van der Waals surface area contributed by atoms with Crippen molar-refractivity contribution in [2.24, 2.45) is 0 Å². The average molecular weight is 927 g/mol. The Morgan fingerprint density at radius 1 is 0.414 bits per heavy atom. The lowest BCUT2D eigenvalue weighted by Crippen LogP contribution is -2.18. The molecule has 1 aliphatic rings. The third-order valence-electron chi connectivity index (χ3n) is 14.9. The topological polar surface area (TPSA) is 32.8 Å². The van der Waals surface area contributed by atoms with Gasteiger partial charge in [0, 0.05) is 80.9 Å². The largest absolute Gasteiger partial charge is 0.454 e. The molecule has 342 valence electrons. The van der Waals surface area contributed by atoms with Crippen molar-refractivity contribution in [2.45, 2.75) is 71.6 Å². The highest BCUT2D eigenvalue weighted by atomic mass is 32.1. The molecule has 0 N–H and O–H groups in total. The lowest BCUT2D eigenvalue weighted by Gasteiger charge is -2.30. The molecule has 3 heterocycles. The lowest BCUT2D eigenvalue weighted by atomic mass is 9.81. The minimum Gasteiger partial charge on any atom is -0.454 e. The molecular formula is C65H54N2O2S. The quantitative estimate of drug-likeness (QED) is 0.166. The van der Waals surface area contributed by atoms with E-state index in [-0.39, 0.29) is 16.2 Å². The zero-order valence-corrected chi connectivity index (χ0v) is 41.8. The van der Waals surface area contributed by atoms with Gasteiger partial charge >= 0.3 is 0 Å². The molecule has 0 saturated heterocycles. The summed E-state index contributed by atoms with van der Waals surface area (Å²) >= 11 is 1.90.